The predicted molar refractivity (Wildman–Crippen MR) is 55.2 cm³/mol. The topological polar surface area (TPSA) is 53.1 Å². The highest BCUT2D eigenvalue weighted by atomic mass is 16.3. The van der Waals surface area contributed by atoms with Crippen molar-refractivity contribution in [3.8, 4) is 5.75 Å². The lowest BCUT2D eigenvalue weighted by molar-refractivity contribution is 0.469. The molecule has 1 aromatic rings. The van der Waals surface area contributed by atoms with Crippen molar-refractivity contribution in [2.75, 3.05) is 0 Å². The van der Waals surface area contributed by atoms with Gasteiger partial charge in [-0.1, -0.05) is 18.6 Å². The molecule has 1 heterocycles. The second kappa shape index (κ2) is 3.01. The fraction of sp³-hybridized carbons (Fsp3) is 0.364. The van der Waals surface area contributed by atoms with Crippen molar-refractivity contribution in [2.45, 2.75) is 20.3 Å². The summed E-state index contributed by atoms with van der Waals surface area (Å²) in [5, 5.41) is 9.58. The first-order valence-corrected chi connectivity index (χ1v) is 4.71. The Labute approximate surface area is 82.1 Å². The van der Waals surface area contributed by atoms with Crippen LogP contribution in [0.3, 0.4) is 0 Å². The van der Waals surface area contributed by atoms with Crippen molar-refractivity contribution in [2.24, 2.45) is 5.92 Å². The summed E-state index contributed by atoms with van der Waals surface area (Å²) >= 11 is 0. The number of hydrogen-bond donors (Lipinski definition) is 2. The van der Waals surface area contributed by atoms with Gasteiger partial charge in [0.25, 0.3) is 5.56 Å². The first-order valence-electron chi connectivity index (χ1n) is 4.71. The minimum Gasteiger partial charge on any atom is -0.507 e. The summed E-state index contributed by atoms with van der Waals surface area (Å²) in [5.41, 5.74) is 2.61. The molecule has 0 aromatic carbocycles. The lowest BCUT2D eigenvalue weighted by Gasteiger charge is -2.20. The molecule has 0 aliphatic heterocycles. The van der Waals surface area contributed by atoms with Gasteiger partial charge in [0.05, 0.1) is 0 Å². The van der Waals surface area contributed by atoms with E-state index >= 15 is 0 Å². The van der Waals surface area contributed by atoms with Crippen LogP contribution in [0.15, 0.2) is 16.4 Å². The molecule has 3 heteroatoms. The van der Waals surface area contributed by atoms with Crippen molar-refractivity contribution in [1.82, 2.24) is 4.98 Å². The second-order valence-electron chi connectivity index (χ2n) is 3.90. The summed E-state index contributed by atoms with van der Waals surface area (Å²) < 4.78 is 0. The molecular formula is C11H13NO2. The quantitative estimate of drug-likeness (QED) is 0.655. The van der Waals surface area contributed by atoms with Crippen molar-refractivity contribution < 1.29 is 5.11 Å². The molecule has 1 aromatic heterocycles. The van der Waals surface area contributed by atoms with Crippen LogP contribution in [-0.4, -0.2) is 10.1 Å². The van der Waals surface area contributed by atoms with Gasteiger partial charge in [-0.25, -0.2) is 0 Å². The standard InChI is InChI=1S/C11H13NO2/c1-6-3-8-9(4-7(6)2)12-11(14)5-10(8)13/h3,5,7H,4H2,1-2H3,(H2,12,13,14). The molecule has 74 valence electrons. The van der Waals surface area contributed by atoms with E-state index in [9.17, 15) is 9.90 Å². The Morgan fingerprint density at radius 1 is 1.57 bits per heavy atom. The number of fused-ring (bicyclic) bond motifs is 1. The van der Waals surface area contributed by atoms with Crippen LogP contribution in [0.25, 0.3) is 6.08 Å². The maximum Gasteiger partial charge on any atom is 0.251 e. The van der Waals surface area contributed by atoms with Crippen LogP contribution in [0.5, 0.6) is 5.75 Å². The van der Waals surface area contributed by atoms with Crippen molar-refractivity contribution >= 4 is 6.08 Å². The molecule has 2 N–H and O–H groups in total. The molecule has 1 aliphatic carbocycles. The molecule has 1 aliphatic rings. The number of rotatable bonds is 0. The van der Waals surface area contributed by atoms with Crippen LogP contribution < -0.4 is 5.56 Å². The number of allylic oxidation sites excluding steroid dienone is 1. The van der Waals surface area contributed by atoms with Gasteiger partial charge in [0.15, 0.2) is 0 Å². The molecule has 0 saturated carbocycles. The van der Waals surface area contributed by atoms with E-state index in [4.69, 9.17) is 0 Å². The number of nitrogens with one attached hydrogen (secondary N) is 1. The Morgan fingerprint density at radius 3 is 3.00 bits per heavy atom. The Balaban J connectivity index is 2.65. The Morgan fingerprint density at radius 2 is 2.29 bits per heavy atom. The molecule has 2 rings (SSSR count). The number of aromatic nitrogens is 1. The van der Waals surface area contributed by atoms with Crippen molar-refractivity contribution in [1.29, 1.82) is 0 Å². The summed E-state index contributed by atoms with van der Waals surface area (Å²) in [4.78, 5) is 13.9. The Bertz CT molecular complexity index is 457. The van der Waals surface area contributed by atoms with E-state index in [0.29, 0.717) is 5.92 Å². The fourth-order valence-corrected chi connectivity index (χ4v) is 1.77. The van der Waals surface area contributed by atoms with Gasteiger partial charge in [-0.3, -0.25) is 4.79 Å². The van der Waals surface area contributed by atoms with Crippen molar-refractivity contribution in [3.63, 3.8) is 0 Å². The highest BCUT2D eigenvalue weighted by Gasteiger charge is 2.18. The van der Waals surface area contributed by atoms with E-state index in [0.717, 1.165) is 17.7 Å². The molecule has 3 nitrogen and oxygen atoms in total. The van der Waals surface area contributed by atoms with Crippen LogP contribution >= 0.6 is 0 Å². The summed E-state index contributed by atoms with van der Waals surface area (Å²) in [5.74, 6) is 0.509. The predicted octanol–water partition coefficient (Wildman–Crippen LogP) is 1.68. The third-order valence-corrected chi connectivity index (χ3v) is 2.80. The average Bonchev–Trinajstić information content (AvgIpc) is 2.08. The smallest absolute Gasteiger partial charge is 0.251 e. The number of aromatic amines is 1. The van der Waals surface area contributed by atoms with Gasteiger partial charge in [-0.2, -0.15) is 0 Å². The summed E-state index contributed by atoms with van der Waals surface area (Å²) in [6.07, 6.45) is 2.73. The van der Waals surface area contributed by atoms with Gasteiger partial charge in [-0.05, 0) is 19.3 Å². The summed E-state index contributed by atoms with van der Waals surface area (Å²) in [6.45, 7) is 4.15. The molecule has 0 spiro atoms. The minimum absolute atomic E-state index is 0.0787. The molecule has 0 fully saturated rings. The molecule has 1 atom stereocenters. The molecule has 1 unspecified atom stereocenters. The van der Waals surface area contributed by atoms with E-state index in [-0.39, 0.29) is 11.3 Å². The first kappa shape index (κ1) is 9.06. The van der Waals surface area contributed by atoms with E-state index < -0.39 is 0 Å². The van der Waals surface area contributed by atoms with Gasteiger partial charge in [-0.15, -0.1) is 0 Å². The first-order chi connectivity index (χ1) is 6.58. The lowest BCUT2D eigenvalue weighted by Crippen LogP contribution is -2.16. The number of hydrogen-bond acceptors (Lipinski definition) is 2. The van der Waals surface area contributed by atoms with E-state index in [1.807, 2.05) is 13.0 Å². The van der Waals surface area contributed by atoms with E-state index in [1.165, 1.54) is 11.6 Å². The number of pyridine rings is 1. The monoisotopic (exact) mass is 191 g/mol. The Kier molecular flexibility index (Phi) is 1.95. The average molecular weight is 191 g/mol. The second-order valence-corrected chi connectivity index (χ2v) is 3.90. The zero-order chi connectivity index (χ0) is 10.3. The molecule has 0 radical (unpaired) electrons. The van der Waals surface area contributed by atoms with Crippen LogP contribution in [0.1, 0.15) is 25.1 Å². The minimum atomic E-state index is -0.235. The lowest BCUT2D eigenvalue weighted by atomic mass is 9.88. The zero-order valence-electron chi connectivity index (χ0n) is 8.29. The third-order valence-electron chi connectivity index (χ3n) is 2.80. The maximum atomic E-state index is 11.1. The summed E-state index contributed by atoms with van der Waals surface area (Å²) in [7, 11) is 0. The maximum absolute atomic E-state index is 11.1. The highest BCUT2D eigenvalue weighted by Crippen LogP contribution is 2.30. The van der Waals surface area contributed by atoms with Crippen molar-refractivity contribution in [3.05, 3.63) is 33.3 Å². The highest BCUT2D eigenvalue weighted by molar-refractivity contribution is 5.63. The SMILES string of the molecule is CC1=Cc2c(O)cc(=O)[nH]c2CC1C. The third kappa shape index (κ3) is 1.35. The van der Waals surface area contributed by atoms with Crippen LogP contribution in [0.2, 0.25) is 0 Å². The largest absolute Gasteiger partial charge is 0.507 e. The van der Waals surface area contributed by atoms with Crippen LogP contribution in [0, 0.1) is 5.92 Å². The molecule has 0 bridgehead atoms. The zero-order valence-corrected chi connectivity index (χ0v) is 8.29. The molecule has 14 heavy (non-hydrogen) atoms. The van der Waals surface area contributed by atoms with Gasteiger partial charge in [0, 0.05) is 17.3 Å². The number of aromatic hydroxyl groups is 1. The van der Waals surface area contributed by atoms with Gasteiger partial charge in [0.1, 0.15) is 5.75 Å². The van der Waals surface area contributed by atoms with Gasteiger partial charge < -0.3 is 10.1 Å². The van der Waals surface area contributed by atoms with E-state index in [1.54, 1.807) is 0 Å². The van der Waals surface area contributed by atoms with Gasteiger partial charge >= 0.3 is 0 Å². The van der Waals surface area contributed by atoms with Crippen LogP contribution in [-0.2, 0) is 6.42 Å². The van der Waals surface area contributed by atoms with Crippen LogP contribution in [0.4, 0.5) is 0 Å². The number of H-pyrrole nitrogens is 1. The molecule has 0 amide bonds. The summed E-state index contributed by atoms with van der Waals surface area (Å²) in [6, 6.07) is 1.22. The van der Waals surface area contributed by atoms with E-state index in [2.05, 4.69) is 11.9 Å². The molecular weight excluding hydrogens is 178 g/mol. The Hall–Kier alpha value is -1.51. The van der Waals surface area contributed by atoms with Gasteiger partial charge in [0.2, 0.25) is 0 Å². The normalized spacial score (nSPS) is 20.1. The molecule has 0 saturated heterocycles. The fourth-order valence-electron chi connectivity index (χ4n) is 1.77.